The average Bonchev–Trinajstić information content (AvgIpc) is 2.69. The Hall–Kier alpha value is -2.95. The predicted octanol–water partition coefficient (Wildman–Crippen LogP) is 4.84. The smallest absolute Gasteiger partial charge is 0.255 e. The maximum atomic E-state index is 12.5. The summed E-state index contributed by atoms with van der Waals surface area (Å²) in [5.74, 6) is 0.499. The van der Waals surface area contributed by atoms with Crippen LogP contribution in [0.4, 0.5) is 11.5 Å². The van der Waals surface area contributed by atoms with Gasteiger partial charge in [0.1, 0.15) is 5.82 Å². The van der Waals surface area contributed by atoms with E-state index in [0.717, 1.165) is 13.0 Å². The first-order valence-electron chi connectivity index (χ1n) is 9.42. The minimum Gasteiger partial charge on any atom is -0.370 e. The summed E-state index contributed by atoms with van der Waals surface area (Å²) in [7, 11) is 0. The van der Waals surface area contributed by atoms with Gasteiger partial charge in [0.2, 0.25) is 0 Å². The Morgan fingerprint density at radius 2 is 1.89 bits per heavy atom. The van der Waals surface area contributed by atoms with Crippen LogP contribution in [-0.4, -0.2) is 23.2 Å². The minimum atomic E-state index is -0.203. The molecule has 1 amide bonds. The first-order valence-corrected chi connectivity index (χ1v) is 9.42. The number of amides is 1. The number of benzene rings is 1. The molecule has 27 heavy (non-hydrogen) atoms. The largest absolute Gasteiger partial charge is 0.370 e. The number of nitrogens with one attached hydrogen (secondary N) is 2. The first kappa shape index (κ1) is 18.8. The molecule has 0 fully saturated rings. The van der Waals surface area contributed by atoms with E-state index in [4.69, 9.17) is 0 Å². The van der Waals surface area contributed by atoms with Crippen LogP contribution in [0.25, 0.3) is 0 Å². The number of allylic oxidation sites excluding steroid dienone is 1. The molecule has 140 valence electrons. The summed E-state index contributed by atoms with van der Waals surface area (Å²) in [6.07, 6.45) is 9.97. The zero-order valence-corrected chi connectivity index (χ0v) is 15.6. The van der Waals surface area contributed by atoms with E-state index in [9.17, 15) is 9.59 Å². The van der Waals surface area contributed by atoms with E-state index < -0.39 is 0 Å². The van der Waals surface area contributed by atoms with Crippen LogP contribution < -0.4 is 10.6 Å². The van der Waals surface area contributed by atoms with E-state index in [1.54, 1.807) is 42.6 Å². The topological polar surface area (TPSA) is 71.1 Å². The lowest BCUT2D eigenvalue weighted by molar-refractivity contribution is 0.101. The SMILES string of the molecule is CC(=O)c1ccc(NC(=O)c2ccnc(NCCC3=CCCCC3)c2)cc1. The van der Waals surface area contributed by atoms with Crippen molar-refractivity contribution < 1.29 is 9.59 Å². The molecule has 0 atom stereocenters. The van der Waals surface area contributed by atoms with E-state index >= 15 is 0 Å². The molecular weight excluding hydrogens is 338 g/mol. The number of pyridine rings is 1. The summed E-state index contributed by atoms with van der Waals surface area (Å²) < 4.78 is 0. The van der Waals surface area contributed by atoms with Crippen molar-refractivity contribution in [3.05, 3.63) is 65.4 Å². The van der Waals surface area contributed by atoms with Crippen LogP contribution in [-0.2, 0) is 0 Å². The highest BCUT2D eigenvalue weighted by atomic mass is 16.1. The van der Waals surface area contributed by atoms with Crippen molar-refractivity contribution in [2.75, 3.05) is 17.2 Å². The molecule has 0 spiro atoms. The molecule has 0 saturated heterocycles. The van der Waals surface area contributed by atoms with Crippen LogP contribution in [0.2, 0.25) is 0 Å². The number of carbonyl (C=O) groups excluding carboxylic acids is 2. The maximum Gasteiger partial charge on any atom is 0.255 e. The van der Waals surface area contributed by atoms with Crippen molar-refractivity contribution in [2.45, 2.75) is 39.0 Å². The molecule has 3 rings (SSSR count). The van der Waals surface area contributed by atoms with Gasteiger partial charge in [0.05, 0.1) is 0 Å². The molecule has 5 nitrogen and oxygen atoms in total. The van der Waals surface area contributed by atoms with Crippen molar-refractivity contribution >= 4 is 23.2 Å². The molecule has 5 heteroatoms. The van der Waals surface area contributed by atoms with E-state index in [1.807, 2.05) is 0 Å². The number of ketones is 1. The molecule has 1 aliphatic carbocycles. The molecule has 1 aromatic heterocycles. The van der Waals surface area contributed by atoms with Crippen molar-refractivity contribution in [3.63, 3.8) is 0 Å². The quantitative estimate of drug-likeness (QED) is 0.545. The normalized spacial score (nSPS) is 13.6. The average molecular weight is 363 g/mol. The fraction of sp³-hybridized carbons (Fsp3) is 0.318. The molecule has 0 radical (unpaired) electrons. The summed E-state index contributed by atoms with van der Waals surface area (Å²) in [5.41, 5.74) is 3.33. The van der Waals surface area contributed by atoms with E-state index in [2.05, 4.69) is 21.7 Å². The van der Waals surface area contributed by atoms with E-state index in [-0.39, 0.29) is 11.7 Å². The van der Waals surface area contributed by atoms with Gasteiger partial charge in [0, 0.05) is 29.6 Å². The molecule has 2 N–H and O–H groups in total. The zero-order chi connectivity index (χ0) is 19.1. The first-order chi connectivity index (χ1) is 13.1. The number of carbonyl (C=O) groups is 2. The number of anilines is 2. The molecule has 0 unspecified atom stereocenters. The second-order valence-electron chi connectivity index (χ2n) is 6.80. The van der Waals surface area contributed by atoms with Gasteiger partial charge in [-0.05, 0) is 75.4 Å². The molecule has 2 aromatic rings. The lowest BCUT2D eigenvalue weighted by Crippen LogP contribution is -2.13. The second kappa shape index (κ2) is 9.12. The van der Waals surface area contributed by atoms with Gasteiger partial charge in [-0.3, -0.25) is 9.59 Å². The minimum absolute atomic E-state index is 0.00159. The fourth-order valence-electron chi connectivity index (χ4n) is 3.14. The van der Waals surface area contributed by atoms with Crippen molar-refractivity contribution in [1.29, 1.82) is 0 Å². The zero-order valence-electron chi connectivity index (χ0n) is 15.6. The summed E-state index contributed by atoms with van der Waals surface area (Å²) in [6, 6.07) is 10.3. The summed E-state index contributed by atoms with van der Waals surface area (Å²) in [6.45, 7) is 2.33. The summed E-state index contributed by atoms with van der Waals surface area (Å²) in [5, 5.41) is 6.15. The Kier molecular flexibility index (Phi) is 6.36. The van der Waals surface area contributed by atoms with Crippen molar-refractivity contribution in [2.24, 2.45) is 0 Å². The van der Waals surface area contributed by atoms with Gasteiger partial charge in [-0.25, -0.2) is 4.98 Å². The fourth-order valence-corrected chi connectivity index (χ4v) is 3.14. The standard InChI is InChI=1S/C22H25N3O2/c1-16(26)18-7-9-20(10-8-18)25-22(27)19-12-14-24-21(15-19)23-13-11-17-5-3-2-4-6-17/h5,7-10,12,14-15H,2-4,6,11,13H2,1H3,(H,23,24)(H,25,27). The van der Waals surface area contributed by atoms with Gasteiger partial charge < -0.3 is 10.6 Å². The highest BCUT2D eigenvalue weighted by Gasteiger charge is 2.09. The third-order valence-corrected chi connectivity index (χ3v) is 4.71. The van der Waals surface area contributed by atoms with Gasteiger partial charge in [-0.1, -0.05) is 11.6 Å². The van der Waals surface area contributed by atoms with Crippen LogP contribution in [0.15, 0.2) is 54.2 Å². The molecule has 0 saturated carbocycles. The molecule has 0 aliphatic heterocycles. The number of nitrogens with zero attached hydrogens (tertiary/aromatic N) is 1. The van der Waals surface area contributed by atoms with Gasteiger partial charge >= 0.3 is 0 Å². The van der Waals surface area contributed by atoms with Crippen LogP contribution in [0.3, 0.4) is 0 Å². The number of hydrogen-bond donors (Lipinski definition) is 2. The second-order valence-corrected chi connectivity index (χ2v) is 6.80. The van der Waals surface area contributed by atoms with Crippen LogP contribution in [0.1, 0.15) is 59.7 Å². The van der Waals surface area contributed by atoms with Crippen LogP contribution in [0, 0.1) is 0 Å². The predicted molar refractivity (Wildman–Crippen MR) is 108 cm³/mol. The highest BCUT2D eigenvalue weighted by molar-refractivity contribution is 6.05. The van der Waals surface area contributed by atoms with Crippen molar-refractivity contribution in [1.82, 2.24) is 4.98 Å². The van der Waals surface area contributed by atoms with Crippen LogP contribution in [0.5, 0.6) is 0 Å². The van der Waals surface area contributed by atoms with Gasteiger partial charge in [-0.15, -0.1) is 0 Å². The Bertz CT molecular complexity index is 841. The molecule has 1 aromatic carbocycles. The number of rotatable bonds is 7. The molecule has 0 bridgehead atoms. The van der Waals surface area contributed by atoms with Gasteiger partial charge in [-0.2, -0.15) is 0 Å². The maximum absolute atomic E-state index is 12.5. The summed E-state index contributed by atoms with van der Waals surface area (Å²) >= 11 is 0. The lowest BCUT2D eigenvalue weighted by atomic mass is 9.97. The molecule has 1 aliphatic rings. The van der Waals surface area contributed by atoms with E-state index in [0.29, 0.717) is 22.6 Å². The number of Topliss-reactive ketones (excluding diaryl/α,β-unsaturated/α-hetero) is 1. The Morgan fingerprint density at radius 3 is 2.59 bits per heavy atom. The Balaban J connectivity index is 1.56. The Labute approximate surface area is 159 Å². The lowest BCUT2D eigenvalue weighted by Gasteiger charge is -2.13. The van der Waals surface area contributed by atoms with E-state index in [1.165, 1.54) is 38.2 Å². The monoisotopic (exact) mass is 363 g/mol. The third kappa shape index (κ3) is 5.51. The van der Waals surface area contributed by atoms with Crippen molar-refractivity contribution in [3.8, 4) is 0 Å². The summed E-state index contributed by atoms with van der Waals surface area (Å²) in [4.78, 5) is 28.1. The van der Waals surface area contributed by atoms with Gasteiger partial charge in [0.25, 0.3) is 5.91 Å². The molecular formula is C22H25N3O2. The third-order valence-electron chi connectivity index (χ3n) is 4.71. The number of aromatic nitrogens is 1. The molecule has 1 heterocycles. The number of hydrogen-bond acceptors (Lipinski definition) is 4. The van der Waals surface area contributed by atoms with Crippen LogP contribution >= 0.6 is 0 Å². The Morgan fingerprint density at radius 1 is 1.07 bits per heavy atom. The highest BCUT2D eigenvalue weighted by Crippen LogP contribution is 2.20. The van der Waals surface area contributed by atoms with Gasteiger partial charge in [0.15, 0.2) is 5.78 Å².